The molecule has 2 aliphatic heterocycles. The van der Waals surface area contributed by atoms with Gasteiger partial charge in [-0.3, -0.25) is 14.4 Å². The first-order valence-corrected chi connectivity index (χ1v) is 9.48. The third kappa shape index (κ3) is 2.83. The summed E-state index contributed by atoms with van der Waals surface area (Å²) in [6.07, 6.45) is -0.999. The van der Waals surface area contributed by atoms with Gasteiger partial charge < -0.3 is 5.11 Å². The first-order valence-electron chi connectivity index (χ1n) is 9.48. The summed E-state index contributed by atoms with van der Waals surface area (Å²) in [5.41, 5.74) is 1.74. The van der Waals surface area contributed by atoms with Crippen molar-refractivity contribution in [2.24, 2.45) is 5.92 Å². The number of hydroxylamine groups is 1. The van der Waals surface area contributed by atoms with E-state index in [1.54, 1.807) is 17.2 Å². The number of nitrogens with zero attached hydrogens (tertiary/aromatic N) is 2. The second-order valence-electron chi connectivity index (χ2n) is 7.24. The Morgan fingerprint density at radius 2 is 1.47 bits per heavy atom. The molecule has 1 N–H and O–H groups in total. The third-order valence-electron chi connectivity index (χ3n) is 5.45. The van der Waals surface area contributed by atoms with Crippen LogP contribution in [-0.4, -0.2) is 23.0 Å². The number of anilines is 2. The number of fused-ring (bicyclic) bond motifs is 1. The summed E-state index contributed by atoms with van der Waals surface area (Å²) in [6.45, 7) is 0. The molecule has 2 aliphatic rings. The van der Waals surface area contributed by atoms with Gasteiger partial charge in [-0.25, -0.2) is 14.4 Å². The Labute approximate surface area is 171 Å². The van der Waals surface area contributed by atoms with Crippen LogP contribution in [0.25, 0.3) is 0 Å². The van der Waals surface area contributed by atoms with Gasteiger partial charge in [0.05, 0.1) is 17.4 Å². The fourth-order valence-corrected chi connectivity index (χ4v) is 4.07. The minimum Gasteiger partial charge on any atom is -0.508 e. The lowest BCUT2D eigenvalue weighted by Crippen LogP contribution is -2.37. The van der Waals surface area contributed by atoms with E-state index in [0.717, 1.165) is 10.5 Å². The Hall–Kier alpha value is -3.71. The largest absolute Gasteiger partial charge is 0.508 e. The molecule has 5 rings (SSSR count). The fourth-order valence-electron chi connectivity index (χ4n) is 4.07. The van der Waals surface area contributed by atoms with Crippen LogP contribution in [0.3, 0.4) is 0 Å². The quantitative estimate of drug-likeness (QED) is 0.676. The number of carbonyl (C=O) groups excluding carboxylic acids is 2. The molecule has 2 heterocycles. The summed E-state index contributed by atoms with van der Waals surface area (Å²) in [5.74, 6) is -2.03. The Morgan fingerprint density at radius 1 is 0.800 bits per heavy atom. The third-order valence-corrected chi connectivity index (χ3v) is 5.45. The second kappa shape index (κ2) is 6.96. The highest BCUT2D eigenvalue weighted by Gasteiger charge is 2.60. The number of hydrogen-bond donors (Lipinski definition) is 1. The lowest BCUT2D eigenvalue weighted by atomic mass is 9.90. The van der Waals surface area contributed by atoms with E-state index in [9.17, 15) is 19.1 Å². The molecule has 0 saturated carbocycles. The van der Waals surface area contributed by atoms with Crippen molar-refractivity contribution in [3.8, 4) is 5.75 Å². The minimum atomic E-state index is -0.999. The molecule has 0 spiro atoms. The van der Waals surface area contributed by atoms with Gasteiger partial charge >= 0.3 is 0 Å². The van der Waals surface area contributed by atoms with E-state index in [-0.39, 0.29) is 5.75 Å². The predicted molar refractivity (Wildman–Crippen MR) is 107 cm³/mol. The predicted octanol–water partition coefficient (Wildman–Crippen LogP) is 3.58. The van der Waals surface area contributed by atoms with Gasteiger partial charge in [0, 0.05) is 0 Å². The van der Waals surface area contributed by atoms with Crippen LogP contribution in [-0.2, 0) is 14.4 Å². The number of para-hydroxylation sites is 1. The molecule has 7 heteroatoms. The summed E-state index contributed by atoms with van der Waals surface area (Å²) < 4.78 is 13.3. The number of aromatic hydroxyl groups is 1. The zero-order chi connectivity index (χ0) is 20.8. The van der Waals surface area contributed by atoms with Crippen molar-refractivity contribution in [1.29, 1.82) is 0 Å². The zero-order valence-corrected chi connectivity index (χ0v) is 15.7. The molecule has 0 aliphatic carbocycles. The van der Waals surface area contributed by atoms with Crippen molar-refractivity contribution in [3.63, 3.8) is 0 Å². The van der Waals surface area contributed by atoms with Crippen LogP contribution in [0.1, 0.15) is 11.6 Å². The van der Waals surface area contributed by atoms with Crippen LogP contribution >= 0.6 is 0 Å². The summed E-state index contributed by atoms with van der Waals surface area (Å²) in [5, 5.41) is 11.3. The van der Waals surface area contributed by atoms with Gasteiger partial charge in [0.1, 0.15) is 17.5 Å². The number of halogens is 1. The lowest BCUT2D eigenvalue weighted by Gasteiger charge is -2.28. The van der Waals surface area contributed by atoms with E-state index in [0.29, 0.717) is 11.4 Å². The molecule has 2 fully saturated rings. The van der Waals surface area contributed by atoms with E-state index in [2.05, 4.69) is 0 Å². The van der Waals surface area contributed by atoms with Crippen molar-refractivity contribution in [3.05, 3.63) is 90.2 Å². The van der Waals surface area contributed by atoms with Crippen molar-refractivity contribution in [2.75, 3.05) is 9.96 Å². The molecular formula is C23H17FN2O4. The number of benzene rings is 3. The SMILES string of the molecule is O=C1[C@H]2[C@@H](ON(c3ccccc3)[C@H]2c2ccc(O)cc2)C(=O)N1c1ccc(F)cc1. The minimum absolute atomic E-state index is 0.0993. The van der Waals surface area contributed by atoms with Crippen LogP contribution < -0.4 is 9.96 Å². The van der Waals surface area contributed by atoms with Gasteiger partial charge in [-0.05, 0) is 54.1 Å². The van der Waals surface area contributed by atoms with Gasteiger partial charge in [-0.1, -0.05) is 30.3 Å². The highest BCUT2D eigenvalue weighted by molar-refractivity contribution is 6.23. The maximum absolute atomic E-state index is 13.4. The van der Waals surface area contributed by atoms with Crippen molar-refractivity contribution < 1.29 is 23.9 Å². The van der Waals surface area contributed by atoms with Crippen LogP contribution in [0.4, 0.5) is 15.8 Å². The van der Waals surface area contributed by atoms with E-state index in [1.165, 1.54) is 36.4 Å². The van der Waals surface area contributed by atoms with E-state index in [1.807, 2.05) is 30.3 Å². The molecule has 150 valence electrons. The standard InChI is InChI=1S/C23H17FN2O4/c24-15-8-10-16(11-9-15)25-22(28)19-20(14-6-12-18(27)13-7-14)26(30-21(19)23(25)29)17-4-2-1-3-5-17/h1-13,19-21,27H/t19-,20+,21-/m1/s1. The fraction of sp³-hybridized carbons (Fsp3) is 0.130. The van der Waals surface area contributed by atoms with E-state index >= 15 is 0 Å². The van der Waals surface area contributed by atoms with E-state index < -0.39 is 35.7 Å². The molecule has 2 saturated heterocycles. The molecule has 0 radical (unpaired) electrons. The molecule has 0 bridgehead atoms. The Bertz CT molecular complexity index is 1100. The van der Waals surface area contributed by atoms with Crippen LogP contribution in [0.15, 0.2) is 78.9 Å². The number of imide groups is 1. The average Bonchev–Trinajstić information content (AvgIpc) is 3.27. The molecule has 6 nitrogen and oxygen atoms in total. The number of amides is 2. The van der Waals surface area contributed by atoms with Gasteiger partial charge in [-0.15, -0.1) is 0 Å². The van der Waals surface area contributed by atoms with Crippen molar-refractivity contribution in [1.82, 2.24) is 0 Å². The van der Waals surface area contributed by atoms with Crippen LogP contribution in [0.2, 0.25) is 0 Å². The number of phenols is 1. The number of phenolic OH excluding ortho intramolecular Hbond substituents is 1. The zero-order valence-electron chi connectivity index (χ0n) is 15.7. The Morgan fingerprint density at radius 3 is 2.13 bits per heavy atom. The Kier molecular flexibility index (Phi) is 4.25. The summed E-state index contributed by atoms with van der Waals surface area (Å²) in [6, 6.07) is 20.3. The van der Waals surface area contributed by atoms with Crippen LogP contribution in [0, 0.1) is 11.7 Å². The summed E-state index contributed by atoms with van der Waals surface area (Å²) in [7, 11) is 0. The molecule has 3 aromatic carbocycles. The van der Waals surface area contributed by atoms with Crippen LogP contribution in [0.5, 0.6) is 5.75 Å². The first-order chi connectivity index (χ1) is 14.5. The highest BCUT2D eigenvalue weighted by Crippen LogP contribution is 2.47. The molecule has 2 amide bonds. The number of rotatable bonds is 3. The van der Waals surface area contributed by atoms with Gasteiger partial charge in [0.2, 0.25) is 5.91 Å². The molecule has 0 unspecified atom stereocenters. The normalized spacial score (nSPS) is 23.2. The lowest BCUT2D eigenvalue weighted by molar-refractivity contribution is -0.126. The molecule has 0 aromatic heterocycles. The molecular weight excluding hydrogens is 387 g/mol. The monoisotopic (exact) mass is 404 g/mol. The molecule has 3 aromatic rings. The van der Waals surface area contributed by atoms with E-state index in [4.69, 9.17) is 4.84 Å². The average molecular weight is 404 g/mol. The number of carbonyl (C=O) groups is 2. The highest BCUT2D eigenvalue weighted by atomic mass is 19.1. The topological polar surface area (TPSA) is 70.1 Å². The van der Waals surface area contributed by atoms with Gasteiger partial charge in [-0.2, -0.15) is 0 Å². The first kappa shape index (κ1) is 18.3. The maximum Gasteiger partial charge on any atom is 0.266 e. The van der Waals surface area contributed by atoms with Gasteiger partial charge in [0.15, 0.2) is 6.10 Å². The van der Waals surface area contributed by atoms with Crippen molar-refractivity contribution in [2.45, 2.75) is 12.1 Å². The second-order valence-corrected chi connectivity index (χ2v) is 7.24. The Balaban J connectivity index is 1.58. The molecule has 30 heavy (non-hydrogen) atoms. The van der Waals surface area contributed by atoms with Crippen molar-refractivity contribution >= 4 is 23.2 Å². The maximum atomic E-state index is 13.4. The number of hydrogen-bond acceptors (Lipinski definition) is 5. The summed E-state index contributed by atoms with van der Waals surface area (Å²) >= 11 is 0. The molecule has 3 atom stereocenters. The smallest absolute Gasteiger partial charge is 0.266 e. The van der Waals surface area contributed by atoms with Gasteiger partial charge in [0.25, 0.3) is 5.91 Å². The summed E-state index contributed by atoms with van der Waals surface area (Å²) in [4.78, 5) is 33.5.